The van der Waals surface area contributed by atoms with Crippen LogP contribution in [-0.2, 0) is 0 Å². The van der Waals surface area contributed by atoms with Crippen molar-refractivity contribution in [3.8, 4) is 0 Å². The molecule has 0 heterocycles. The second kappa shape index (κ2) is 3.31. The van der Waals surface area contributed by atoms with Gasteiger partial charge in [0.05, 0.1) is 11.3 Å². The largest absolute Gasteiger partial charge is 0.478 e. The average Bonchev–Trinajstić information content (AvgIpc) is 2.04. The fourth-order valence-electron chi connectivity index (χ4n) is 1.20. The van der Waals surface area contributed by atoms with Crippen LogP contribution in [0.1, 0.15) is 21.5 Å². The van der Waals surface area contributed by atoms with E-state index in [1.165, 1.54) is 6.07 Å². The maximum atomic E-state index is 10.7. The van der Waals surface area contributed by atoms with Crippen molar-refractivity contribution in [3.05, 3.63) is 35.4 Å². The third kappa shape index (κ3) is 1.54. The summed E-state index contributed by atoms with van der Waals surface area (Å²) in [7, 11) is 0. The number of benzene rings is 1. The van der Waals surface area contributed by atoms with E-state index in [2.05, 4.69) is 6.58 Å². The predicted octanol–water partition coefficient (Wildman–Crippen LogP) is 1.92. The number of hydrogen-bond acceptors (Lipinski definition) is 2. The highest BCUT2D eigenvalue weighted by Gasteiger charge is 2.10. The van der Waals surface area contributed by atoms with E-state index >= 15 is 0 Å². The quantitative estimate of drug-likeness (QED) is 0.678. The van der Waals surface area contributed by atoms with Crippen LogP contribution in [-0.4, -0.2) is 11.1 Å². The number of carboxylic acids is 1. The molecule has 0 spiro atoms. The Balaban J connectivity index is 3.44. The number of carbonyl (C=O) groups is 1. The highest BCUT2D eigenvalue weighted by atomic mass is 16.4. The molecule has 0 aliphatic rings. The SMILES string of the molecule is C=Cc1c(C)ccc(C(=O)O)c1N. The van der Waals surface area contributed by atoms with Crippen molar-refractivity contribution < 1.29 is 9.90 Å². The summed E-state index contributed by atoms with van der Waals surface area (Å²) in [5.41, 5.74) is 7.67. The van der Waals surface area contributed by atoms with Crippen LogP contribution in [0.25, 0.3) is 6.08 Å². The van der Waals surface area contributed by atoms with Crippen molar-refractivity contribution in [1.82, 2.24) is 0 Å². The fraction of sp³-hybridized carbons (Fsp3) is 0.100. The van der Waals surface area contributed by atoms with Gasteiger partial charge in [-0.2, -0.15) is 0 Å². The maximum absolute atomic E-state index is 10.7. The van der Waals surface area contributed by atoms with E-state index in [1.54, 1.807) is 12.1 Å². The standard InChI is InChI=1S/C10H11NO2/c1-3-7-6(2)4-5-8(9(7)11)10(12)13/h3-5H,1,11H2,2H3,(H,12,13). The first-order chi connectivity index (χ1) is 6.07. The molecule has 3 heteroatoms. The van der Waals surface area contributed by atoms with Gasteiger partial charge in [0.2, 0.25) is 0 Å². The average molecular weight is 177 g/mol. The molecule has 13 heavy (non-hydrogen) atoms. The number of aryl methyl sites for hydroxylation is 1. The lowest BCUT2D eigenvalue weighted by molar-refractivity contribution is 0.0698. The van der Waals surface area contributed by atoms with Gasteiger partial charge < -0.3 is 10.8 Å². The topological polar surface area (TPSA) is 63.3 Å². The smallest absolute Gasteiger partial charge is 0.337 e. The third-order valence-electron chi connectivity index (χ3n) is 1.94. The highest BCUT2D eigenvalue weighted by molar-refractivity contribution is 5.96. The zero-order valence-electron chi connectivity index (χ0n) is 7.37. The summed E-state index contributed by atoms with van der Waals surface area (Å²) in [4.78, 5) is 10.7. The molecule has 1 aromatic rings. The van der Waals surface area contributed by atoms with E-state index in [9.17, 15) is 4.79 Å². The van der Waals surface area contributed by atoms with Gasteiger partial charge in [-0.1, -0.05) is 18.7 Å². The van der Waals surface area contributed by atoms with Gasteiger partial charge >= 0.3 is 5.97 Å². The van der Waals surface area contributed by atoms with Crippen LogP contribution < -0.4 is 5.73 Å². The first kappa shape index (κ1) is 9.32. The van der Waals surface area contributed by atoms with E-state index in [4.69, 9.17) is 10.8 Å². The van der Waals surface area contributed by atoms with Crippen LogP contribution >= 0.6 is 0 Å². The molecule has 0 amide bonds. The molecule has 3 N–H and O–H groups in total. The first-order valence-electron chi connectivity index (χ1n) is 3.82. The summed E-state index contributed by atoms with van der Waals surface area (Å²) < 4.78 is 0. The Morgan fingerprint density at radius 1 is 1.62 bits per heavy atom. The van der Waals surface area contributed by atoms with Crippen molar-refractivity contribution in [2.75, 3.05) is 5.73 Å². The van der Waals surface area contributed by atoms with Gasteiger partial charge in [-0.3, -0.25) is 0 Å². The predicted molar refractivity (Wildman–Crippen MR) is 52.6 cm³/mol. The van der Waals surface area contributed by atoms with Crippen molar-refractivity contribution in [1.29, 1.82) is 0 Å². The van der Waals surface area contributed by atoms with Gasteiger partial charge in [0, 0.05) is 5.56 Å². The minimum atomic E-state index is -1.01. The first-order valence-corrected chi connectivity index (χ1v) is 3.82. The number of aromatic carboxylic acids is 1. The van der Waals surface area contributed by atoms with Crippen LogP contribution in [0, 0.1) is 6.92 Å². The van der Waals surface area contributed by atoms with E-state index in [-0.39, 0.29) is 11.3 Å². The Bertz CT molecular complexity index is 369. The number of nitrogen functional groups attached to an aromatic ring is 1. The van der Waals surface area contributed by atoms with Gasteiger partial charge in [0.15, 0.2) is 0 Å². The molecule has 1 aromatic carbocycles. The molecule has 1 rings (SSSR count). The lowest BCUT2D eigenvalue weighted by Gasteiger charge is -2.07. The van der Waals surface area contributed by atoms with Gasteiger partial charge in [-0.15, -0.1) is 0 Å². The number of carboxylic acid groups (broad SMARTS) is 1. The van der Waals surface area contributed by atoms with E-state index in [1.807, 2.05) is 6.92 Å². The number of rotatable bonds is 2. The molecule has 0 saturated heterocycles. The number of anilines is 1. The van der Waals surface area contributed by atoms with Gasteiger partial charge in [-0.05, 0) is 18.6 Å². The highest BCUT2D eigenvalue weighted by Crippen LogP contribution is 2.22. The van der Waals surface area contributed by atoms with Gasteiger partial charge in [0.25, 0.3) is 0 Å². The van der Waals surface area contributed by atoms with Crippen LogP contribution in [0.3, 0.4) is 0 Å². The second-order valence-electron chi connectivity index (χ2n) is 2.77. The normalized spacial score (nSPS) is 9.62. The summed E-state index contributed by atoms with van der Waals surface area (Å²) in [5.74, 6) is -1.01. The van der Waals surface area contributed by atoms with Crippen LogP contribution in [0.15, 0.2) is 18.7 Å². The molecule has 0 saturated carbocycles. The molecule has 0 bridgehead atoms. The minimum absolute atomic E-state index is 0.125. The van der Waals surface area contributed by atoms with Crippen molar-refractivity contribution in [2.24, 2.45) is 0 Å². The molecule has 68 valence electrons. The summed E-state index contributed by atoms with van der Waals surface area (Å²) >= 11 is 0. The number of nitrogens with two attached hydrogens (primary N) is 1. The van der Waals surface area contributed by atoms with E-state index in [0.717, 1.165) is 5.56 Å². The molecule has 3 nitrogen and oxygen atoms in total. The zero-order valence-corrected chi connectivity index (χ0v) is 7.37. The monoisotopic (exact) mass is 177 g/mol. The minimum Gasteiger partial charge on any atom is -0.478 e. The Hall–Kier alpha value is -1.77. The summed E-state index contributed by atoms with van der Waals surface area (Å²) in [5, 5.41) is 8.76. The lowest BCUT2D eigenvalue weighted by atomic mass is 10.0. The Labute approximate surface area is 76.5 Å². The Kier molecular flexibility index (Phi) is 2.37. The molecule has 0 atom stereocenters. The summed E-state index contributed by atoms with van der Waals surface area (Å²) in [6, 6.07) is 3.22. The van der Waals surface area contributed by atoms with E-state index in [0.29, 0.717) is 5.56 Å². The van der Waals surface area contributed by atoms with Crippen molar-refractivity contribution in [2.45, 2.75) is 6.92 Å². The Morgan fingerprint density at radius 3 is 2.69 bits per heavy atom. The molecule has 0 aliphatic carbocycles. The zero-order chi connectivity index (χ0) is 10.0. The summed E-state index contributed by atoms with van der Waals surface area (Å²) in [6.07, 6.45) is 1.57. The van der Waals surface area contributed by atoms with Crippen LogP contribution in [0.2, 0.25) is 0 Å². The van der Waals surface area contributed by atoms with E-state index < -0.39 is 5.97 Å². The van der Waals surface area contributed by atoms with Crippen LogP contribution in [0.5, 0.6) is 0 Å². The molecule has 0 aliphatic heterocycles. The molecule has 0 radical (unpaired) electrons. The molecule has 0 fully saturated rings. The molecule has 0 aromatic heterocycles. The second-order valence-corrected chi connectivity index (χ2v) is 2.77. The molecular weight excluding hydrogens is 166 g/mol. The fourth-order valence-corrected chi connectivity index (χ4v) is 1.20. The van der Waals surface area contributed by atoms with Gasteiger partial charge in [0.1, 0.15) is 0 Å². The van der Waals surface area contributed by atoms with Gasteiger partial charge in [-0.25, -0.2) is 4.79 Å². The summed E-state index contributed by atoms with van der Waals surface area (Å²) in [6.45, 7) is 5.44. The Morgan fingerprint density at radius 2 is 2.23 bits per heavy atom. The third-order valence-corrected chi connectivity index (χ3v) is 1.94. The molecule has 0 unspecified atom stereocenters. The maximum Gasteiger partial charge on any atom is 0.337 e. The van der Waals surface area contributed by atoms with Crippen molar-refractivity contribution in [3.63, 3.8) is 0 Å². The number of hydrogen-bond donors (Lipinski definition) is 2. The van der Waals surface area contributed by atoms with Crippen molar-refractivity contribution >= 4 is 17.7 Å². The van der Waals surface area contributed by atoms with Crippen LogP contribution in [0.4, 0.5) is 5.69 Å². The molecular formula is C10H11NO2. The lowest BCUT2D eigenvalue weighted by Crippen LogP contribution is -2.04.